The zero-order valence-electron chi connectivity index (χ0n) is 13.1. The van der Waals surface area contributed by atoms with Crippen molar-refractivity contribution in [1.82, 2.24) is 0 Å². The Labute approximate surface area is 125 Å². The van der Waals surface area contributed by atoms with Crippen LogP contribution in [0.4, 0.5) is 0 Å². The SMILES string of the molecule is C=CC(=O)OCCCC[SiH](OCCCC)OCCCC. The minimum Gasteiger partial charge on any atom is -0.463 e. The summed E-state index contributed by atoms with van der Waals surface area (Å²) in [6.07, 6.45) is 7.52. The highest BCUT2D eigenvalue weighted by Crippen LogP contribution is 2.07. The van der Waals surface area contributed by atoms with Crippen molar-refractivity contribution in [3.05, 3.63) is 12.7 Å². The van der Waals surface area contributed by atoms with E-state index in [0.717, 1.165) is 57.8 Å². The van der Waals surface area contributed by atoms with Gasteiger partial charge < -0.3 is 13.6 Å². The highest BCUT2D eigenvalue weighted by Gasteiger charge is 2.12. The summed E-state index contributed by atoms with van der Waals surface area (Å²) in [5, 5.41) is 0. The van der Waals surface area contributed by atoms with E-state index >= 15 is 0 Å². The first kappa shape index (κ1) is 19.3. The molecule has 0 aliphatic heterocycles. The molecule has 0 aliphatic carbocycles. The number of esters is 1. The minimum atomic E-state index is -1.53. The van der Waals surface area contributed by atoms with Crippen LogP contribution in [0.15, 0.2) is 12.7 Å². The van der Waals surface area contributed by atoms with Gasteiger partial charge in [0.05, 0.1) is 6.61 Å². The Bertz CT molecular complexity index is 236. The second-order valence-electron chi connectivity index (χ2n) is 4.75. The van der Waals surface area contributed by atoms with Crippen LogP contribution in [0.2, 0.25) is 6.04 Å². The summed E-state index contributed by atoms with van der Waals surface area (Å²) in [4.78, 5) is 10.9. The summed E-state index contributed by atoms with van der Waals surface area (Å²) < 4.78 is 16.7. The van der Waals surface area contributed by atoms with Gasteiger partial charge in [-0.3, -0.25) is 0 Å². The number of ether oxygens (including phenoxy) is 1. The molecule has 0 heterocycles. The first-order chi connectivity index (χ1) is 9.74. The molecule has 0 aliphatic rings. The van der Waals surface area contributed by atoms with Crippen LogP contribution in [0.25, 0.3) is 0 Å². The largest absolute Gasteiger partial charge is 0.463 e. The fraction of sp³-hybridized carbons (Fsp3) is 0.800. The molecule has 118 valence electrons. The van der Waals surface area contributed by atoms with Crippen LogP contribution >= 0.6 is 0 Å². The van der Waals surface area contributed by atoms with Crippen molar-refractivity contribution in [2.45, 2.75) is 58.4 Å². The zero-order valence-corrected chi connectivity index (χ0v) is 14.2. The second-order valence-corrected chi connectivity index (χ2v) is 6.85. The predicted molar refractivity (Wildman–Crippen MR) is 84.1 cm³/mol. The van der Waals surface area contributed by atoms with Gasteiger partial charge in [0.15, 0.2) is 0 Å². The Balaban J connectivity index is 3.71. The van der Waals surface area contributed by atoms with Crippen LogP contribution in [0, 0.1) is 0 Å². The summed E-state index contributed by atoms with van der Waals surface area (Å²) in [7, 11) is -1.53. The molecule has 0 saturated heterocycles. The van der Waals surface area contributed by atoms with Gasteiger partial charge in [-0.15, -0.1) is 0 Å². The summed E-state index contributed by atoms with van der Waals surface area (Å²) in [6.45, 7) is 9.76. The lowest BCUT2D eigenvalue weighted by Crippen LogP contribution is -2.24. The van der Waals surface area contributed by atoms with Crippen molar-refractivity contribution < 1.29 is 18.4 Å². The monoisotopic (exact) mass is 302 g/mol. The highest BCUT2D eigenvalue weighted by atomic mass is 28.3. The molecule has 20 heavy (non-hydrogen) atoms. The van der Waals surface area contributed by atoms with Gasteiger partial charge in [0.25, 0.3) is 0 Å². The molecule has 0 rings (SSSR count). The third kappa shape index (κ3) is 12.4. The molecule has 0 atom stereocenters. The van der Waals surface area contributed by atoms with Gasteiger partial charge in [0, 0.05) is 19.3 Å². The lowest BCUT2D eigenvalue weighted by atomic mass is 10.4. The van der Waals surface area contributed by atoms with Crippen molar-refractivity contribution in [3.8, 4) is 0 Å². The predicted octanol–water partition coefficient (Wildman–Crippen LogP) is 3.35. The number of carbonyl (C=O) groups excluding carboxylic acids is 1. The zero-order chi connectivity index (χ0) is 15.1. The summed E-state index contributed by atoms with van der Waals surface area (Å²) >= 11 is 0. The smallest absolute Gasteiger partial charge is 0.330 e. The standard InChI is InChI=1S/C15H30O4Si/c1-4-7-12-18-20(19-13-8-5-2)14-10-9-11-17-15(16)6-3/h6,20H,3-5,7-14H2,1-2H3. The van der Waals surface area contributed by atoms with Crippen molar-refractivity contribution in [2.75, 3.05) is 19.8 Å². The van der Waals surface area contributed by atoms with Crippen molar-refractivity contribution >= 4 is 15.3 Å². The van der Waals surface area contributed by atoms with E-state index in [1.165, 1.54) is 6.08 Å². The number of unbranched alkanes of at least 4 members (excludes halogenated alkanes) is 3. The average Bonchev–Trinajstić information content (AvgIpc) is 2.46. The van der Waals surface area contributed by atoms with E-state index in [4.69, 9.17) is 13.6 Å². The maximum Gasteiger partial charge on any atom is 0.330 e. The van der Waals surface area contributed by atoms with Crippen molar-refractivity contribution in [3.63, 3.8) is 0 Å². The third-order valence-corrected chi connectivity index (χ3v) is 4.94. The lowest BCUT2D eigenvalue weighted by molar-refractivity contribution is -0.137. The van der Waals surface area contributed by atoms with E-state index in [-0.39, 0.29) is 5.97 Å². The Morgan fingerprint density at radius 2 is 1.60 bits per heavy atom. The number of hydrogen-bond acceptors (Lipinski definition) is 4. The maximum absolute atomic E-state index is 10.9. The van der Waals surface area contributed by atoms with E-state index in [9.17, 15) is 4.79 Å². The normalized spacial score (nSPS) is 10.8. The minimum absolute atomic E-state index is 0.350. The third-order valence-electron chi connectivity index (χ3n) is 2.85. The van der Waals surface area contributed by atoms with Gasteiger partial charge >= 0.3 is 15.3 Å². The van der Waals surface area contributed by atoms with Crippen LogP contribution in [0.1, 0.15) is 52.4 Å². The molecular weight excluding hydrogens is 272 g/mol. The molecule has 0 amide bonds. The van der Waals surface area contributed by atoms with E-state index < -0.39 is 9.28 Å². The quantitative estimate of drug-likeness (QED) is 0.214. The molecule has 4 nitrogen and oxygen atoms in total. The fourth-order valence-electron chi connectivity index (χ4n) is 1.58. The van der Waals surface area contributed by atoms with E-state index in [1.54, 1.807) is 0 Å². The number of carbonyl (C=O) groups is 1. The molecule has 0 spiro atoms. The van der Waals surface area contributed by atoms with E-state index in [0.29, 0.717) is 6.61 Å². The molecular formula is C15H30O4Si. The van der Waals surface area contributed by atoms with Gasteiger partial charge in [0.2, 0.25) is 0 Å². The Hall–Kier alpha value is -0.653. The number of hydrogen-bond donors (Lipinski definition) is 0. The summed E-state index contributed by atoms with van der Waals surface area (Å²) in [5.41, 5.74) is 0. The van der Waals surface area contributed by atoms with Crippen LogP contribution in [0.3, 0.4) is 0 Å². The van der Waals surface area contributed by atoms with Gasteiger partial charge in [-0.1, -0.05) is 33.3 Å². The van der Waals surface area contributed by atoms with Gasteiger partial charge in [0.1, 0.15) is 0 Å². The molecule has 5 heteroatoms. The number of rotatable bonds is 14. The molecule has 0 aromatic rings. The van der Waals surface area contributed by atoms with E-state index in [1.807, 2.05) is 0 Å². The highest BCUT2D eigenvalue weighted by molar-refractivity contribution is 6.44. The van der Waals surface area contributed by atoms with Gasteiger partial charge in [-0.2, -0.15) is 0 Å². The van der Waals surface area contributed by atoms with Crippen LogP contribution in [-0.2, 0) is 18.4 Å². The first-order valence-corrected chi connectivity index (χ1v) is 9.52. The second kappa shape index (κ2) is 14.7. The summed E-state index contributed by atoms with van der Waals surface area (Å²) in [5.74, 6) is -0.350. The average molecular weight is 302 g/mol. The molecule has 0 saturated carbocycles. The Morgan fingerprint density at radius 3 is 2.10 bits per heavy atom. The molecule has 0 radical (unpaired) electrons. The molecule has 0 N–H and O–H groups in total. The maximum atomic E-state index is 10.9. The molecule has 0 unspecified atom stereocenters. The first-order valence-electron chi connectivity index (χ1n) is 7.77. The molecule has 0 fully saturated rings. The lowest BCUT2D eigenvalue weighted by Gasteiger charge is -2.16. The molecule has 0 aromatic carbocycles. The Kier molecular flexibility index (Phi) is 14.3. The van der Waals surface area contributed by atoms with Gasteiger partial charge in [-0.05, 0) is 31.7 Å². The molecule has 0 bridgehead atoms. The summed E-state index contributed by atoms with van der Waals surface area (Å²) in [6, 6.07) is 0.985. The van der Waals surface area contributed by atoms with Crippen molar-refractivity contribution in [2.24, 2.45) is 0 Å². The Morgan fingerprint density at radius 1 is 1.00 bits per heavy atom. The topological polar surface area (TPSA) is 44.8 Å². The molecule has 0 aromatic heterocycles. The van der Waals surface area contributed by atoms with Crippen LogP contribution in [0.5, 0.6) is 0 Å². The van der Waals surface area contributed by atoms with Crippen LogP contribution < -0.4 is 0 Å². The van der Waals surface area contributed by atoms with Crippen LogP contribution in [-0.4, -0.2) is 35.1 Å². The van der Waals surface area contributed by atoms with E-state index in [2.05, 4.69) is 20.4 Å². The fourth-order valence-corrected chi connectivity index (χ4v) is 3.49. The van der Waals surface area contributed by atoms with Crippen molar-refractivity contribution in [1.29, 1.82) is 0 Å². The van der Waals surface area contributed by atoms with Gasteiger partial charge in [-0.25, -0.2) is 4.79 Å².